The van der Waals surface area contributed by atoms with Crippen LogP contribution in [0.3, 0.4) is 0 Å². The molecule has 0 aromatic rings. The van der Waals surface area contributed by atoms with Gasteiger partial charge >= 0.3 is 5.97 Å². The van der Waals surface area contributed by atoms with E-state index in [1.54, 1.807) is 0 Å². The average Bonchev–Trinajstić information content (AvgIpc) is 3.36. The molecule has 7 rings (SSSR count). The lowest BCUT2D eigenvalue weighted by atomic mass is 9.62. The van der Waals surface area contributed by atoms with E-state index in [-0.39, 0.29) is 59.6 Å². The molecule has 0 bridgehead atoms. The lowest BCUT2D eigenvalue weighted by Gasteiger charge is -2.57. The molecule has 0 aromatic carbocycles. The third-order valence-corrected chi connectivity index (χ3v) is 12.7. The maximum absolute atomic E-state index is 14.2. The summed E-state index contributed by atoms with van der Waals surface area (Å²) in [6.07, 6.45) is 10.2. The van der Waals surface area contributed by atoms with Crippen LogP contribution in [0.15, 0.2) is 0 Å². The van der Waals surface area contributed by atoms with Crippen molar-refractivity contribution in [1.29, 1.82) is 0 Å². The van der Waals surface area contributed by atoms with Gasteiger partial charge < -0.3 is 29.4 Å². The van der Waals surface area contributed by atoms with Crippen LogP contribution in [0.2, 0.25) is 0 Å². The minimum Gasteiger partial charge on any atom is -0.457 e. The molecule has 42 heavy (non-hydrogen) atoms. The highest BCUT2D eigenvalue weighted by atomic mass is 16.7. The summed E-state index contributed by atoms with van der Waals surface area (Å²) < 4.78 is 25.8. The average molecular weight is 590 g/mol. The number of epoxide rings is 1. The molecule has 7 aliphatic rings. The van der Waals surface area contributed by atoms with Crippen LogP contribution in [-0.2, 0) is 28.5 Å². The Bertz CT molecular complexity index is 1060. The van der Waals surface area contributed by atoms with Gasteiger partial charge in [0.05, 0.1) is 43.0 Å². The Morgan fingerprint density at radius 3 is 2.52 bits per heavy atom. The van der Waals surface area contributed by atoms with Crippen molar-refractivity contribution < 1.29 is 39.0 Å². The van der Waals surface area contributed by atoms with Crippen molar-refractivity contribution in [3.8, 4) is 0 Å². The quantitative estimate of drug-likeness (QED) is 0.337. The molecule has 0 amide bonds. The van der Waals surface area contributed by atoms with Crippen molar-refractivity contribution in [2.75, 3.05) is 6.54 Å². The molecule has 0 aromatic heterocycles. The van der Waals surface area contributed by atoms with Crippen molar-refractivity contribution in [2.24, 2.45) is 34.8 Å². The number of ether oxygens (including phenoxy) is 4. The minimum absolute atomic E-state index is 0.0805. The van der Waals surface area contributed by atoms with Crippen molar-refractivity contribution >= 4 is 11.8 Å². The number of fused-ring (bicyclic) bond motifs is 4. The van der Waals surface area contributed by atoms with E-state index in [0.717, 1.165) is 38.6 Å². The summed E-state index contributed by atoms with van der Waals surface area (Å²) in [6, 6.07) is 0. The SMILES string of the molecule is CC1CC(=O)C2C(CC3OC(C)(C)C4OC(=O)C5(CCCCC4C3C2O)OC5CC2(C3CC[NH2+]C(N)C3)CCCC2)O1. The number of quaternary nitrogens is 1. The summed E-state index contributed by atoms with van der Waals surface area (Å²) in [4.78, 5) is 27.2. The van der Waals surface area contributed by atoms with Crippen molar-refractivity contribution in [2.45, 2.75) is 158 Å². The lowest BCUT2D eigenvalue weighted by molar-refractivity contribution is -0.700. The Morgan fingerprint density at radius 2 is 1.76 bits per heavy atom. The highest BCUT2D eigenvalue weighted by molar-refractivity contribution is 5.84. The van der Waals surface area contributed by atoms with E-state index in [4.69, 9.17) is 24.7 Å². The third-order valence-electron chi connectivity index (χ3n) is 12.7. The van der Waals surface area contributed by atoms with Gasteiger partial charge in [-0.25, -0.2) is 4.79 Å². The number of aliphatic hydroxyl groups excluding tert-OH is 1. The Hall–Kier alpha value is -1.10. The predicted octanol–water partition coefficient (Wildman–Crippen LogP) is 2.36. The first-order valence-corrected chi connectivity index (χ1v) is 17.0. The normalized spacial score (nSPS) is 50.0. The molecule has 5 heterocycles. The molecule has 5 saturated heterocycles. The van der Waals surface area contributed by atoms with Gasteiger partial charge in [-0.3, -0.25) is 10.5 Å². The number of rotatable bonds is 3. The zero-order chi connectivity index (χ0) is 29.4. The fourth-order valence-electron chi connectivity index (χ4n) is 10.7. The van der Waals surface area contributed by atoms with Crippen LogP contribution < -0.4 is 11.1 Å². The Balaban J connectivity index is 1.11. The fraction of sp³-hybridized carbons (Fsp3) is 0.939. The number of carbonyl (C=O) groups excluding carboxylic acids is 2. The number of hydrogen-bond donors (Lipinski definition) is 3. The number of hydrogen-bond acceptors (Lipinski definition) is 8. The number of nitrogens with two attached hydrogens (primary N) is 2. The maximum atomic E-state index is 14.2. The summed E-state index contributed by atoms with van der Waals surface area (Å²) in [5.74, 6) is -0.470. The Morgan fingerprint density at radius 1 is 1.00 bits per heavy atom. The Labute approximate surface area is 250 Å². The molecule has 9 heteroatoms. The van der Waals surface area contributed by atoms with E-state index in [0.29, 0.717) is 25.2 Å². The largest absolute Gasteiger partial charge is 0.457 e. The van der Waals surface area contributed by atoms with E-state index in [1.807, 2.05) is 20.8 Å². The number of piperidine rings is 1. The molecule has 236 valence electrons. The molecule has 12 atom stereocenters. The third kappa shape index (κ3) is 4.89. The lowest BCUT2D eigenvalue weighted by Crippen LogP contribution is -2.95. The van der Waals surface area contributed by atoms with E-state index < -0.39 is 29.3 Å². The number of Topliss-reactive ketones (excluding diaryl/α,β-unsaturated/α-hetero) is 1. The molecular formula is C33H53N2O7+. The van der Waals surface area contributed by atoms with Gasteiger partial charge in [-0.1, -0.05) is 19.3 Å². The standard InChI is InChI=1S/C33H52N2O7/c1-18-14-21(36)27-22(39-18)16-23-26(28(27)37)20-8-4-5-12-33(30(38)40-29(20)31(2,3)41-23)24(42-33)17-32(10-6-7-11-32)19-9-13-35-25(34)15-19/h18-20,22-29,35,37H,4-17,34H2,1-3H3/p+1. The zero-order valence-electron chi connectivity index (χ0n) is 25.8. The first-order valence-electron chi connectivity index (χ1n) is 17.0. The van der Waals surface area contributed by atoms with Gasteiger partial charge in [0.15, 0.2) is 5.60 Å². The summed E-state index contributed by atoms with van der Waals surface area (Å²) in [5.41, 5.74) is 4.99. The van der Waals surface area contributed by atoms with E-state index in [9.17, 15) is 14.7 Å². The van der Waals surface area contributed by atoms with Crippen LogP contribution in [0.25, 0.3) is 0 Å². The van der Waals surface area contributed by atoms with Crippen LogP contribution in [0.5, 0.6) is 0 Å². The van der Waals surface area contributed by atoms with Crippen molar-refractivity contribution in [3.05, 3.63) is 0 Å². The second kappa shape index (κ2) is 10.8. The first kappa shape index (κ1) is 29.6. The summed E-state index contributed by atoms with van der Waals surface area (Å²) >= 11 is 0. The van der Waals surface area contributed by atoms with Crippen LogP contribution in [0.1, 0.15) is 104 Å². The van der Waals surface area contributed by atoms with Crippen LogP contribution in [0, 0.1) is 29.1 Å². The smallest absolute Gasteiger partial charge is 0.341 e. The van der Waals surface area contributed by atoms with Gasteiger partial charge in [-0.15, -0.1) is 0 Å². The van der Waals surface area contributed by atoms with Gasteiger partial charge in [0, 0.05) is 37.5 Å². The molecule has 2 saturated carbocycles. The topological polar surface area (TPSA) is 137 Å². The molecule has 9 nitrogen and oxygen atoms in total. The Kier molecular flexibility index (Phi) is 7.59. The number of ketones is 1. The van der Waals surface area contributed by atoms with Gasteiger partial charge in [0.2, 0.25) is 0 Å². The fourth-order valence-corrected chi connectivity index (χ4v) is 10.7. The molecule has 2 aliphatic carbocycles. The number of carbonyl (C=O) groups is 2. The van der Waals surface area contributed by atoms with Crippen LogP contribution in [-0.4, -0.2) is 77.4 Å². The molecule has 12 unspecified atom stereocenters. The highest BCUT2D eigenvalue weighted by Crippen LogP contribution is 2.58. The van der Waals surface area contributed by atoms with E-state index in [1.165, 1.54) is 32.1 Å². The zero-order valence-corrected chi connectivity index (χ0v) is 25.8. The summed E-state index contributed by atoms with van der Waals surface area (Å²) in [6.45, 7) is 7.02. The number of esters is 1. The summed E-state index contributed by atoms with van der Waals surface area (Å²) in [5, 5.41) is 14.0. The van der Waals surface area contributed by atoms with Crippen LogP contribution in [0.4, 0.5) is 0 Å². The van der Waals surface area contributed by atoms with E-state index in [2.05, 4.69) is 5.32 Å². The molecule has 5 N–H and O–H groups in total. The predicted molar refractivity (Wildman–Crippen MR) is 153 cm³/mol. The minimum atomic E-state index is -0.875. The highest BCUT2D eigenvalue weighted by Gasteiger charge is 2.68. The molecular weight excluding hydrogens is 536 g/mol. The number of aliphatic hydroxyl groups is 1. The summed E-state index contributed by atoms with van der Waals surface area (Å²) in [7, 11) is 0. The molecule has 5 aliphatic heterocycles. The molecule has 1 spiro atoms. The van der Waals surface area contributed by atoms with E-state index >= 15 is 0 Å². The van der Waals surface area contributed by atoms with Crippen LogP contribution >= 0.6 is 0 Å². The first-order chi connectivity index (χ1) is 20.0. The maximum Gasteiger partial charge on any atom is 0.341 e. The monoisotopic (exact) mass is 589 g/mol. The molecule has 0 radical (unpaired) electrons. The van der Waals surface area contributed by atoms with Crippen molar-refractivity contribution in [3.63, 3.8) is 0 Å². The van der Waals surface area contributed by atoms with Gasteiger partial charge in [-0.05, 0) is 70.6 Å². The van der Waals surface area contributed by atoms with Gasteiger partial charge in [-0.2, -0.15) is 0 Å². The van der Waals surface area contributed by atoms with Gasteiger partial charge in [0.1, 0.15) is 23.7 Å². The van der Waals surface area contributed by atoms with Crippen molar-refractivity contribution in [1.82, 2.24) is 0 Å². The second-order valence-electron chi connectivity index (χ2n) is 15.7. The molecule has 7 fully saturated rings. The van der Waals surface area contributed by atoms with Gasteiger partial charge in [0.25, 0.3) is 0 Å². The second-order valence-corrected chi connectivity index (χ2v) is 15.7.